The fourth-order valence-corrected chi connectivity index (χ4v) is 4.62. The highest BCUT2D eigenvalue weighted by molar-refractivity contribution is 7.99. The van der Waals surface area contributed by atoms with Crippen molar-refractivity contribution in [2.24, 2.45) is 0 Å². The molecule has 0 spiro atoms. The first-order valence-corrected chi connectivity index (χ1v) is 14.7. The topological polar surface area (TPSA) is 48.0 Å². The molecule has 0 aliphatic carbocycles. The van der Waals surface area contributed by atoms with Crippen molar-refractivity contribution in [2.45, 2.75) is 103 Å². The van der Waals surface area contributed by atoms with Crippen molar-refractivity contribution in [3.8, 4) is 0 Å². The highest BCUT2D eigenvalue weighted by Crippen LogP contribution is 2.24. The molecule has 0 saturated heterocycles. The summed E-state index contributed by atoms with van der Waals surface area (Å²) < 4.78 is 21.3. The highest BCUT2D eigenvalue weighted by Gasteiger charge is 2.01. The van der Waals surface area contributed by atoms with Crippen LogP contribution in [0.15, 0.2) is 0 Å². The zero-order valence-electron chi connectivity index (χ0n) is 20.1. The summed E-state index contributed by atoms with van der Waals surface area (Å²) in [6.45, 7) is 3.87. The molecule has 182 valence electrons. The number of unbranched alkanes of at least 4 members (excludes halogenated alkanes) is 13. The van der Waals surface area contributed by atoms with Gasteiger partial charge in [0.2, 0.25) is 0 Å². The molecule has 0 heterocycles. The molecule has 1 atom stereocenters. The minimum Gasteiger partial charge on any atom is -0.309 e. The molecule has 7 heteroatoms. The first kappa shape index (κ1) is 30.4. The quantitative estimate of drug-likeness (QED) is 0.0599. The van der Waals surface area contributed by atoms with Crippen LogP contribution >= 0.6 is 20.0 Å². The van der Waals surface area contributed by atoms with Gasteiger partial charge in [0.15, 0.2) is 0 Å². The lowest BCUT2D eigenvalue weighted by Crippen LogP contribution is -2.17. The van der Waals surface area contributed by atoms with Crippen molar-refractivity contribution >= 4 is 20.0 Å². The molecule has 0 saturated carbocycles. The standard InChI is InChI=1S/C23H50NO4PS/c1-4-5-6-7-8-9-10-11-12-13-14-15-16-17-22-30-23-18-20-27-29(25)28-26-21-19-24(2)3/h29H,4-23H2,1-3H3. The van der Waals surface area contributed by atoms with Crippen LogP contribution in [-0.4, -0.2) is 50.3 Å². The summed E-state index contributed by atoms with van der Waals surface area (Å²) in [5.74, 6) is 2.27. The Morgan fingerprint density at radius 3 is 1.73 bits per heavy atom. The largest absolute Gasteiger partial charge is 0.347 e. The third-order valence-corrected chi connectivity index (χ3v) is 6.89. The summed E-state index contributed by atoms with van der Waals surface area (Å²) in [6, 6.07) is 0. The molecule has 0 aromatic carbocycles. The Hall–Kier alpha value is 0.420. The van der Waals surface area contributed by atoms with Crippen molar-refractivity contribution in [1.82, 2.24) is 4.90 Å². The van der Waals surface area contributed by atoms with Crippen LogP contribution in [0.3, 0.4) is 0 Å². The molecule has 0 aliphatic heterocycles. The lowest BCUT2D eigenvalue weighted by atomic mass is 10.0. The Morgan fingerprint density at radius 2 is 1.20 bits per heavy atom. The molecule has 0 amide bonds. The van der Waals surface area contributed by atoms with Gasteiger partial charge >= 0.3 is 8.25 Å². The third kappa shape index (κ3) is 26.5. The van der Waals surface area contributed by atoms with E-state index in [-0.39, 0.29) is 0 Å². The van der Waals surface area contributed by atoms with Crippen molar-refractivity contribution in [3.05, 3.63) is 0 Å². The summed E-state index contributed by atoms with van der Waals surface area (Å²) >= 11 is 1.97. The van der Waals surface area contributed by atoms with Gasteiger partial charge in [-0.2, -0.15) is 16.4 Å². The lowest BCUT2D eigenvalue weighted by molar-refractivity contribution is -0.210. The van der Waals surface area contributed by atoms with Gasteiger partial charge in [-0.15, -0.1) is 0 Å². The maximum atomic E-state index is 11.5. The molecule has 0 aromatic heterocycles. The Labute approximate surface area is 192 Å². The maximum Gasteiger partial charge on any atom is 0.347 e. The van der Waals surface area contributed by atoms with E-state index in [9.17, 15) is 4.57 Å². The van der Waals surface area contributed by atoms with E-state index in [4.69, 9.17) is 14.1 Å². The predicted molar refractivity (Wildman–Crippen MR) is 133 cm³/mol. The zero-order valence-corrected chi connectivity index (χ0v) is 21.9. The lowest BCUT2D eigenvalue weighted by Gasteiger charge is -2.09. The number of nitrogens with zero attached hydrogens (tertiary/aromatic N) is 1. The number of rotatable bonds is 25. The molecule has 0 aliphatic rings. The Morgan fingerprint density at radius 1 is 0.700 bits per heavy atom. The van der Waals surface area contributed by atoms with Crippen LogP contribution in [0, 0.1) is 0 Å². The van der Waals surface area contributed by atoms with Crippen LogP contribution in [0.2, 0.25) is 0 Å². The highest BCUT2D eigenvalue weighted by atomic mass is 32.2. The van der Waals surface area contributed by atoms with Crippen molar-refractivity contribution in [3.63, 3.8) is 0 Å². The molecular weight excluding hydrogens is 417 g/mol. The Bertz CT molecular complexity index is 362. The Kier molecular flexibility index (Phi) is 26.0. The van der Waals surface area contributed by atoms with Gasteiger partial charge in [0.1, 0.15) is 0 Å². The van der Waals surface area contributed by atoms with Crippen LogP contribution in [0.4, 0.5) is 0 Å². The van der Waals surface area contributed by atoms with E-state index in [2.05, 4.69) is 6.92 Å². The SMILES string of the molecule is CCCCCCCCCCCCCCCCSCCCO[PH](=O)OOCCN(C)C. The van der Waals surface area contributed by atoms with Crippen LogP contribution in [-0.2, 0) is 18.7 Å². The van der Waals surface area contributed by atoms with Crippen LogP contribution in [0.5, 0.6) is 0 Å². The van der Waals surface area contributed by atoms with E-state index in [1.807, 2.05) is 30.8 Å². The second kappa shape index (κ2) is 25.7. The van der Waals surface area contributed by atoms with Gasteiger partial charge < -0.3 is 9.42 Å². The molecule has 0 rings (SSSR count). The zero-order chi connectivity index (χ0) is 22.1. The molecule has 5 nitrogen and oxygen atoms in total. The fraction of sp³-hybridized carbons (Fsp3) is 1.00. The van der Waals surface area contributed by atoms with Gasteiger partial charge in [0.05, 0.1) is 13.2 Å². The van der Waals surface area contributed by atoms with E-state index >= 15 is 0 Å². The van der Waals surface area contributed by atoms with Gasteiger partial charge in [0.25, 0.3) is 0 Å². The second-order valence-corrected chi connectivity index (χ2v) is 10.5. The number of likely N-dealkylation sites (N-methyl/N-ethyl adjacent to an activating group) is 1. The average molecular weight is 468 g/mol. The molecule has 0 bridgehead atoms. The molecule has 0 N–H and O–H groups in total. The van der Waals surface area contributed by atoms with Gasteiger partial charge in [-0.1, -0.05) is 90.4 Å². The average Bonchev–Trinajstić information content (AvgIpc) is 2.72. The van der Waals surface area contributed by atoms with E-state index in [1.165, 1.54) is 95.6 Å². The first-order chi connectivity index (χ1) is 14.7. The molecule has 0 fully saturated rings. The molecule has 0 aromatic rings. The maximum absolute atomic E-state index is 11.5. The third-order valence-electron chi connectivity index (χ3n) is 5.04. The normalized spacial score (nSPS) is 12.7. The Balaban J connectivity index is 3.10. The monoisotopic (exact) mass is 467 g/mol. The summed E-state index contributed by atoms with van der Waals surface area (Å²) in [5.41, 5.74) is 0. The van der Waals surface area contributed by atoms with Gasteiger partial charge in [-0.25, -0.2) is 4.89 Å². The number of thioether (sulfide) groups is 1. The first-order valence-electron chi connectivity index (χ1n) is 12.4. The molecule has 1 unspecified atom stereocenters. The van der Waals surface area contributed by atoms with Gasteiger partial charge in [-0.3, -0.25) is 4.57 Å². The van der Waals surface area contributed by atoms with Gasteiger partial charge in [-0.05, 0) is 38.4 Å². The van der Waals surface area contributed by atoms with E-state index in [1.54, 1.807) is 0 Å². The van der Waals surface area contributed by atoms with Crippen LogP contribution < -0.4 is 0 Å². The second-order valence-electron chi connectivity index (χ2n) is 8.37. The van der Waals surface area contributed by atoms with Crippen molar-refractivity contribution < 1.29 is 18.7 Å². The molecular formula is C23H50NO4PS. The van der Waals surface area contributed by atoms with E-state index in [0.717, 1.165) is 18.7 Å². The molecule has 30 heavy (non-hydrogen) atoms. The van der Waals surface area contributed by atoms with Crippen molar-refractivity contribution in [1.29, 1.82) is 0 Å². The summed E-state index contributed by atoms with van der Waals surface area (Å²) in [6.07, 6.45) is 20.6. The smallest absolute Gasteiger partial charge is 0.309 e. The number of hydrogen-bond donors (Lipinski definition) is 0. The fourth-order valence-electron chi connectivity index (χ4n) is 3.15. The van der Waals surface area contributed by atoms with Crippen LogP contribution in [0.25, 0.3) is 0 Å². The minimum atomic E-state index is -2.51. The summed E-state index contributed by atoms with van der Waals surface area (Å²) in [5, 5.41) is 0. The molecule has 0 radical (unpaired) electrons. The summed E-state index contributed by atoms with van der Waals surface area (Å²) in [7, 11) is 1.38. The van der Waals surface area contributed by atoms with Gasteiger partial charge in [0, 0.05) is 6.54 Å². The van der Waals surface area contributed by atoms with E-state index in [0.29, 0.717) is 13.2 Å². The number of hydrogen-bond acceptors (Lipinski definition) is 6. The van der Waals surface area contributed by atoms with Crippen LogP contribution in [0.1, 0.15) is 103 Å². The summed E-state index contributed by atoms with van der Waals surface area (Å²) in [4.78, 5) is 6.83. The minimum absolute atomic E-state index is 0.391. The van der Waals surface area contributed by atoms with E-state index < -0.39 is 8.25 Å². The predicted octanol–water partition coefficient (Wildman–Crippen LogP) is 7.51. The van der Waals surface area contributed by atoms with Crippen molar-refractivity contribution in [2.75, 3.05) is 45.4 Å².